The molecule has 4 aliphatic rings. The number of fused-ring (bicyclic) bond motifs is 4. The van der Waals surface area contributed by atoms with Gasteiger partial charge in [0.25, 0.3) is 5.91 Å². The molecule has 0 aromatic heterocycles. The van der Waals surface area contributed by atoms with Crippen LogP contribution in [0.3, 0.4) is 0 Å². The van der Waals surface area contributed by atoms with Crippen LogP contribution < -0.4 is 14.4 Å². The molecule has 2 aromatic rings. The summed E-state index contributed by atoms with van der Waals surface area (Å²) >= 11 is 6.39. The number of esters is 1. The number of carbonyl (C=O) groups excluding carboxylic acids is 2. The smallest absolute Gasteiger partial charge is 0.380 e. The summed E-state index contributed by atoms with van der Waals surface area (Å²) in [6.07, 6.45) is 5.99. The first-order valence-corrected chi connectivity index (χ1v) is 19.2. The van der Waals surface area contributed by atoms with Crippen LogP contribution in [0.1, 0.15) is 74.4 Å². The average Bonchev–Trinajstić information content (AvgIpc) is 3.18. The van der Waals surface area contributed by atoms with Crippen LogP contribution in [0.4, 0.5) is 14.5 Å². The minimum atomic E-state index is -4.23. The van der Waals surface area contributed by atoms with Crippen molar-refractivity contribution < 1.29 is 37.2 Å². The van der Waals surface area contributed by atoms with Crippen LogP contribution in [0.25, 0.3) is 0 Å². The summed E-state index contributed by atoms with van der Waals surface area (Å²) in [6.45, 7) is 5.69. The predicted molar refractivity (Wildman–Crippen MR) is 188 cm³/mol. The number of halogens is 3. The highest BCUT2D eigenvalue weighted by molar-refractivity contribution is 7.99. The van der Waals surface area contributed by atoms with Gasteiger partial charge in [-0.3, -0.25) is 9.52 Å². The zero-order valence-corrected chi connectivity index (χ0v) is 29.8. The van der Waals surface area contributed by atoms with Crippen molar-refractivity contribution in [1.82, 2.24) is 4.72 Å². The Kier molecular flexibility index (Phi) is 9.60. The Hall–Kier alpha value is -3.15. The second kappa shape index (κ2) is 13.2. The van der Waals surface area contributed by atoms with Gasteiger partial charge in [0.1, 0.15) is 5.75 Å². The minimum absolute atomic E-state index is 0.149. The molecule has 1 saturated carbocycles. The van der Waals surface area contributed by atoms with E-state index >= 15 is 8.78 Å². The maximum atomic E-state index is 16.1. The Bertz CT molecular complexity index is 1770. The molecule has 2 N–H and O–H groups in total. The number of alkyl halides is 2. The van der Waals surface area contributed by atoms with E-state index in [1.807, 2.05) is 18.2 Å². The first-order valence-electron chi connectivity index (χ1n) is 17.1. The van der Waals surface area contributed by atoms with Gasteiger partial charge in [0, 0.05) is 40.3 Å². The zero-order valence-electron chi connectivity index (χ0n) is 28.2. The lowest BCUT2D eigenvalue weighted by atomic mass is 9.62. The highest BCUT2D eigenvalue weighted by Crippen LogP contribution is 2.52. The van der Waals surface area contributed by atoms with Crippen LogP contribution in [-0.4, -0.2) is 70.1 Å². The van der Waals surface area contributed by atoms with Gasteiger partial charge in [-0.1, -0.05) is 36.7 Å². The highest BCUT2D eigenvalue weighted by atomic mass is 35.5. The third-order valence-electron chi connectivity index (χ3n) is 11.3. The van der Waals surface area contributed by atoms with Crippen molar-refractivity contribution in [3.8, 4) is 5.75 Å². The molecule has 8 nitrogen and oxygen atoms in total. The fraction of sp³-hybridized carbons (Fsp3) is 0.541. The molecule has 1 fully saturated rings. The second-order valence-corrected chi connectivity index (χ2v) is 17.2. The fourth-order valence-electron chi connectivity index (χ4n) is 8.09. The van der Waals surface area contributed by atoms with Gasteiger partial charge in [0.15, 0.2) is 5.60 Å². The molecule has 12 heteroatoms. The van der Waals surface area contributed by atoms with Gasteiger partial charge in [-0.15, -0.1) is 0 Å². The molecule has 1 spiro atoms. The van der Waals surface area contributed by atoms with Crippen molar-refractivity contribution in [3.63, 3.8) is 0 Å². The summed E-state index contributed by atoms with van der Waals surface area (Å²) in [5.74, 6) is -3.96. The first kappa shape index (κ1) is 35.7. The Balaban J connectivity index is 1.48. The van der Waals surface area contributed by atoms with E-state index in [2.05, 4.69) is 15.5 Å². The molecule has 7 atom stereocenters. The maximum Gasteiger partial charge on any atom is 0.380 e. The van der Waals surface area contributed by atoms with Gasteiger partial charge in [-0.2, -0.15) is 8.78 Å². The number of aliphatic hydroxyl groups is 1. The summed E-state index contributed by atoms with van der Waals surface area (Å²) < 4.78 is 59.9. The number of allylic oxidation sites excluding steroid dienone is 1. The maximum absolute atomic E-state index is 16.1. The molecule has 1 amide bonds. The number of nitrogens with one attached hydrogen (secondary N) is 1. The van der Waals surface area contributed by atoms with Crippen molar-refractivity contribution in [2.75, 3.05) is 31.2 Å². The molecule has 0 saturated heterocycles. The molecule has 2 bridgehead atoms. The standard InChI is InChI=1S/C37H45ClF2N2O6S/c1-5-47-34(44)37(39,40)36(45)17-6-8-23(2)24(3)49(4,46)41-33(43)26-11-15-32-31(19-26)42(20-27-10-13-30(27)36)21-35(22-48-32)16-7-9-25-18-28(38)12-14-29(25)35/h6,11-12,14-15,17-19,23-24,27,30,45H,4-5,7-10,13,16,20-22H2,1-3H3,(H,41,43,46)/b17-6+/t23-,24+,27-,30+,35-,36-,49?/m0/s1. The molecule has 2 aliphatic carbocycles. The number of amides is 1. The van der Waals surface area contributed by atoms with Crippen LogP contribution in [0, 0.1) is 17.8 Å². The van der Waals surface area contributed by atoms with Crippen molar-refractivity contribution in [1.29, 1.82) is 0 Å². The lowest BCUT2D eigenvalue weighted by molar-refractivity contribution is -0.225. The highest BCUT2D eigenvalue weighted by Gasteiger charge is 2.65. The number of hydrogen-bond donors (Lipinski definition) is 2. The van der Waals surface area contributed by atoms with Gasteiger partial charge in [0.05, 0.1) is 28.6 Å². The zero-order chi connectivity index (χ0) is 35.4. The number of ether oxygens (including phenoxy) is 2. The Morgan fingerprint density at radius 2 is 2.02 bits per heavy atom. The monoisotopic (exact) mass is 718 g/mol. The SMILES string of the molecule is C=S1(=O)NC(=O)c2ccc3c(c2)N(C[C@@H]2CC[C@H]2[C@](O)(C(F)(F)C(=O)OCC)/C=C/C[C@H](C)[C@H]1C)C[C@@]1(CCCc2cc(Cl)ccc21)CO3. The van der Waals surface area contributed by atoms with Crippen LogP contribution in [0.2, 0.25) is 5.02 Å². The van der Waals surface area contributed by atoms with Crippen LogP contribution in [-0.2, 0) is 31.1 Å². The third kappa shape index (κ3) is 6.35. The van der Waals surface area contributed by atoms with Gasteiger partial charge in [-0.05, 0) is 112 Å². The van der Waals surface area contributed by atoms with E-state index < -0.39 is 55.6 Å². The number of aryl methyl sites for hydroxylation is 1. The fourth-order valence-corrected chi connectivity index (χ4v) is 9.76. The van der Waals surface area contributed by atoms with Crippen LogP contribution >= 0.6 is 11.6 Å². The number of benzene rings is 2. The van der Waals surface area contributed by atoms with E-state index in [1.165, 1.54) is 13.0 Å². The third-order valence-corrected chi connectivity index (χ3v) is 13.8. The molecule has 2 aliphatic heterocycles. The summed E-state index contributed by atoms with van der Waals surface area (Å²) in [5.41, 5.74) is -0.209. The Labute approximate surface area is 292 Å². The van der Waals surface area contributed by atoms with Crippen LogP contribution in [0.5, 0.6) is 5.75 Å². The van der Waals surface area contributed by atoms with E-state index in [0.29, 0.717) is 36.0 Å². The second-order valence-electron chi connectivity index (χ2n) is 14.3. The normalized spacial score (nSPS) is 33.9. The van der Waals surface area contributed by atoms with Crippen molar-refractivity contribution in [2.45, 2.75) is 81.5 Å². The number of carbonyl (C=O) groups is 2. The lowest BCUT2D eigenvalue weighted by Gasteiger charge is -2.50. The van der Waals surface area contributed by atoms with E-state index in [9.17, 15) is 18.9 Å². The van der Waals surface area contributed by atoms with E-state index in [4.69, 9.17) is 21.1 Å². The van der Waals surface area contributed by atoms with Gasteiger partial charge in [0.2, 0.25) is 0 Å². The lowest BCUT2D eigenvalue weighted by Crippen LogP contribution is -2.62. The summed E-state index contributed by atoms with van der Waals surface area (Å²) in [7, 11) is -3.20. The number of anilines is 1. The predicted octanol–water partition coefficient (Wildman–Crippen LogP) is 6.11. The number of hydrogen-bond acceptors (Lipinski definition) is 7. The first-order chi connectivity index (χ1) is 23.1. The van der Waals surface area contributed by atoms with E-state index in [1.54, 1.807) is 32.0 Å². The number of nitrogens with zero attached hydrogens (tertiary/aromatic N) is 1. The minimum Gasteiger partial charge on any atom is -0.490 e. The molecule has 2 aromatic carbocycles. The quantitative estimate of drug-likeness (QED) is 0.224. The Morgan fingerprint density at radius 1 is 1.24 bits per heavy atom. The average molecular weight is 719 g/mol. The van der Waals surface area contributed by atoms with E-state index in [0.717, 1.165) is 36.5 Å². The van der Waals surface area contributed by atoms with Crippen molar-refractivity contribution in [3.05, 3.63) is 70.3 Å². The van der Waals surface area contributed by atoms with Crippen LogP contribution in [0.15, 0.2) is 48.6 Å². The molecule has 2 heterocycles. The molecule has 266 valence electrons. The number of rotatable bonds is 3. The summed E-state index contributed by atoms with van der Waals surface area (Å²) in [6, 6.07) is 10.9. The molecular formula is C37H45ClF2N2O6S. The topological polar surface area (TPSA) is 105 Å². The van der Waals surface area contributed by atoms with Gasteiger partial charge >= 0.3 is 11.9 Å². The molecular weight excluding hydrogens is 674 g/mol. The summed E-state index contributed by atoms with van der Waals surface area (Å²) in [4.78, 5) is 28.4. The van der Waals surface area contributed by atoms with Gasteiger partial charge in [-0.25, -0.2) is 9.00 Å². The molecule has 49 heavy (non-hydrogen) atoms. The summed E-state index contributed by atoms with van der Waals surface area (Å²) in [5, 5.41) is 12.0. The largest absolute Gasteiger partial charge is 0.490 e. The van der Waals surface area contributed by atoms with Crippen molar-refractivity contribution >= 4 is 44.7 Å². The molecule has 1 unspecified atom stereocenters. The molecule has 0 radical (unpaired) electrons. The van der Waals surface area contributed by atoms with Crippen molar-refractivity contribution in [2.24, 2.45) is 17.8 Å². The van der Waals surface area contributed by atoms with Gasteiger partial charge < -0.3 is 19.5 Å². The Morgan fingerprint density at radius 3 is 2.73 bits per heavy atom. The van der Waals surface area contributed by atoms with E-state index in [-0.39, 0.29) is 37.5 Å². The molecule has 6 rings (SSSR count).